The molecular weight excluding hydrogens is 186 g/mol. The Balaban J connectivity index is 1.96. The van der Waals surface area contributed by atoms with Gasteiger partial charge in [-0.15, -0.1) is 0 Å². The van der Waals surface area contributed by atoms with Crippen molar-refractivity contribution in [2.75, 3.05) is 6.61 Å². The molecule has 0 aromatic carbocycles. The third-order valence-electron chi connectivity index (χ3n) is 4.37. The Hall–Kier alpha value is -0.0800. The largest absolute Gasteiger partial charge is 0.375 e. The summed E-state index contributed by atoms with van der Waals surface area (Å²) in [5, 5.41) is 0. The van der Waals surface area contributed by atoms with E-state index in [-0.39, 0.29) is 5.60 Å². The van der Waals surface area contributed by atoms with E-state index < -0.39 is 0 Å². The summed E-state index contributed by atoms with van der Waals surface area (Å²) in [5.41, 5.74) is 6.41. The molecule has 88 valence electrons. The molecule has 2 rings (SSSR count). The van der Waals surface area contributed by atoms with Crippen LogP contribution in [0.2, 0.25) is 0 Å². The zero-order valence-corrected chi connectivity index (χ0v) is 10.0. The summed E-state index contributed by atoms with van der Waals surface area (Å²) in [7, 11) is 0. The first-order valence-electron chi connectivity index (χ1n) is 6.65. The quantitative estimate of drug-likeness (QED) is 0.762. The van der Waals surface area contributed by atoms with Gasteiger partial charge < -0.3 is 10.5 Å². The smallest absolute Gasteiger partial charge is 0.0685 e. The summed E-state index contributed by atoms with van der Waals surface area (Å²) >= 11 is 0. The van der Waals surface area contributed by atoms with E-state index in [0.717, 1.165) is 13.0 Å². The fraction of sp³-hybridized carbons (Fsp3) is 1.00. The van der Waals surface area contributed by atoms with Crippen LogP contribution in [-0.2, 0) is 4.74 Å². The number of nitrogens with two attached hydrogens (primary N) is 1. The van der Waals surface area contributed by atoms with E-state index in [1.807, 2.05) is 0 Å². The van der Waals surface area contributed by atoms with E-state index in [9.17, 15) is 0 Å². The fourth-order valence-electron chi connectivity index (χ4n) is 3.31. The van der Waals surface area contributed by atoms with Crippen LogP contribution in [0.1, 0.15) is 58.3 Å². The average molecular weight is 211 g/mol. The van der Waals surface area contributed by atoms with Gasteiger partial charge in [0.2, 0.25) is 0 Å². The Kier molecular flexibility index (Phi) is 3.68. The minimum atomic E-state index is 0.230. The molecule has 0 amide bonds. The highest BCUT2D eigenvalue weighted by Crippen LogP contribution is 2.41. The Morgan fingerprint density at radius 1 is 1.33 bits per heavy atom. The second-order valence-corrected chi connectivity index (χ2v) is 5.42. The predicted octanol–water partition coefficient (Wildman–Crippen LogP) is 2.85. The summed E-state index contributed by atoms with van der Waals surface area (Å²) in [6.07, 6.45) is 10.2. The molecular formula is C13H25NO. The molecule has 1 saturated carbocycles. The summed E-state index contributed by atoms with van der Waals surface area (Å²) in [6, 6.07) is 0.396. The van der Waals surface area contributed by atoms with Gasteiger partial charge in [-0.2, -0.15) is 0 Å². The van der Waals surface area contributed by atoms with Gasteiger partial charge in [0.15, 0.2) is 0 Å². The molecule has 2 unspecified atom stereocenters. The van der Waals surface area contributed by atoms with Gasteiger partial charge in [0.05, 0.1) is 5.60 Å². The molecule has 1 heterocycles. The van der Waals surface area contributed by atoms with Crippen molar-refractivity contribution < 1.29 is 4.74 Å². The molecule has 15 heavy (non-hydrogen) atoms. The van der Waals surface area contributed by atoms with E-state index in [0.29, 0.717) is 12.0 Å². The maximum absolute atomic E-state index is 6.18. The van der Waals surface area contributed by atoms with Crippen LogP contribution in [0.3, 0.4) is 0 Å². The van der Waals surface area contributed by atoms with Gasteiger partial charge in [-0.05, 0) is 38.0 Å². The molecule has 2 fully saturated rings. The Morgan fingerprint density at radius 2 is 2.07 bits per heavy atom. The summed E-state index contributed by atoms with van der Waals surface area (Å²) in [6.45, 7) is 3.14. The van der Waals surface area contributed by atoms with E-state index in [1.165, 1.54) is 44.9 Å². The molecule has 0 bridgehead atoms. The molecule has 2 N–H and O–H groups in total. The van der Waals surface area contributed by atoms with Gasteiger partial charge in [-0.3, -0.25) is 0 Å². The van der Waals surface area contributed by atoms with Crippen LogP contribution < -0.4 is 5.73 Å². The zero-order chi connectivity index (χ0) is 10.7. The summed E-state index contributed by atoms with van der Waals surface area (Å²) in [4.78, 5) is 0. The van der Waals surface area contributed by atoms with E-state index in [4.69, 9.17) is 10.5 Å². The van der Waals surface area contributed by atoms with Gasteiger partial charge in [0.1, 0.15) is 0 Å². The second-order valence-electron chi connectivity index (χ2n) is 5.42. The lowest BCUT2D eigenvalue weighted by Crippen LogP contribution is -2.46. The van der Waals surface area contributed by atoms with Crippen molar-refractivity contribution in [2.24, 2.45) is 11.7 Å². The fourth-order valence-corrected chi connectivity index (χ4v) is 3.31. The van der Waals surface area contributed by atoms with Crippen LogP contribution in [0.25, 0.3) is 0 Å². The first-order valence-corrected chi connectivity index (χ1v) is 6.65. The molecule has 1 aliphatic carbocycles. The van der Waals surface area contributed by atoms with Crippen LogP contribution in [0.15, 0.2) is 0 Å². The minimum Gasteiger partial charge on any atom is -0.375 e. The maximum Gasteiger partial charge on any atom is 0.0685 e. The Morgan fingerprint density at radius 3 is 2.73 bits per heavy atom. The lowest BCUT2D eigenvalue weighted by molar-refractivity contribution is -0.120. The minimum absolute atomic E-state index is 0.230. The average Bonchev–Trinajstić information content (AvgIpc) is 2.29. The summed E-state index contributed by atoms with van der Waals surface area (Å²) < 4.78 is 6.08. The summed E-state index contributed by atoms with van der Waals surface area (Å²) in [5.74, 6) is 0.710. The first-order chi connectivity index (χ1) is 7.26. The molecule has 0 aromatic heterocycles. The molecule has 2 heteroatoms. The van der Waals surface area contributed by atoms with Gasteiger partial charge >= 0.3 is 0 Å². The molecule has 1 spiro atoms. The third kappa shape index (κ3) is 2.54. The van der Waals surface area contributed by atoms with Crippen molar-refractivity contribution in [3.63, 3.8) is 0 Å². The second kappa shape index (κ2) is 4.84. The highest BCUT2D eigenvalue weighted by Gasteiger charge is 2.39. The molecule has 1 aliphatic heterocycles. The topological polar surface area (TPSA) is 35.2 Å². The molecule has 1 saturated heterocycles. The monoisotopic (exact) mass is 211 g/mol. The predicted molar refractivity (Wildman–Crippen MR) is 62.8 cm³/mol. The van der Waals surface area contributed by atoms with Crippen molar-refractivity contribution in [3.05, 3.63) is 0 Å². The Bertz CT molecular complexity index is 193. The van der Waals surface area contributed by atoms with Gasteiger partial charge in [-0.1, -0.05) is 26.2 Å². The van der Waals surface area contributed by atoms with Crippen LogP contribution >= 0.6 is 0 Å². The number of hydrogen-bond donors (Lipinski definition) is 1. The normalized spacial score (nSPS) is 32.8. The molecule has 0 radical (unpaired) electrons. The number of ether oxygens (including phenoxy) is 1. The van der Waals surface area contributed by atoms with Crippen molar-refractivity contribution in [1.29, 1.82) is 0 Å². The number of rotatable bonds is 2. The van der Waals surface area contributed by atoms with Crippen LogP contribution in [0.5, 0.6) is 0 Å². The number of hydrogen-bond acceptors (Lipinski definition) is 2. The van der Waals surface area contributed by atoms with Crippen molar-refractivity contribution >= 4 is 0 Å². The van der Waals surface area contributed by atoms with Crippen LogP contribution in [0, 0.1) is 5.92 Å². The molecule has 2 atom stereocenters. The maximum atomic E-state index is 6.18. The standard InChI is InChI=1S/C13H25NO/c1-2-12(14)11-6-9-15-13(10-11)7-4-3-5-8-13/h11-12H,2-10,14H2,1H3. The zero-order valence-electron chi connectivity index (χ0n) is 10.0. The van der Waals surface area contributed by atoms with Crippen LogP contribution in [0.4, 0.5) is 0 Å². The Labute approximate surface area is 93.6 Å². The van der Waals surface area contributed by atoms with E-state index >= 15 is 0 Å². The van der Waals surface area contributed by atoms with Gasteiger partial charge in [-0.25, -0.2) is 0 Å². The lowest BCUT2D eigenvalue weighted by Gasteiger charge is -2.45. The van der Waals surface area contributed by atoms with Crippen molar-refractivity contribution in [1.82, 2.24) is 0 Å². The van der Waals surface area contributed by atoms with Crippen LogP contribution in [-0.4, -0.2) is 18.2 Å². The van der Waals surface area contributed by atoms with Crippen molar-refractivity contribution in [2.45, 2.75) is 69.9 Å². The highest BCUT2D eigenvalue weighted by molar-refractivity contribution is 4.92. The molecule has 2 aliphatic rings. The third-order valence-corrected chi connectivity index (χ3v) is 4.37. The van der Waals surface area contributed by atoms with Crippen molar-refractivity contribution in [3.8, 4) is 0 Å². The molecule has 0 aromatic rings. The molecule has 2 nitrogen and oxygen atoms in total. The van der Waals surface area contributed by atoms with E-state index in [1.54, 1.807) is 0 Å². The SMILES string of the molecule is CCC(N)C1CCOC2(CCCCC2)C1. The highest BCUT2D eigenvalue weighted by atomic mass is 16.5. The van der Waals surface area contributed by atoms with Gasteiger partial charge in [0, 0.05) is 12.6 Å². The lowest BCUT2D eigenvalue weighted by atomic mass is 9.74. The van der Waals surface area contributed by atoms with E-state index in [2.05, 4.69) is 6.92 Å². The van der Waals surface area contributed by atoms with Gasteiger partial charge in [0.25, 0.3) is 0 Å². The first kappa shape index (κ1) is 11.4.